The fraction of sp³-hybridized carbons (Fsp3) is 0.583. The number of pyridine rings is 1. The van der Waals surface area contributed by atoms with Crippen molar-refractivity contribution in [3.05, 3.63) is 22.8 Å². The van der Waals surface area contributed by atoms with E-state index in [9.17, 15) is 0 Å². The molecule has 0 bridgehead atoms. The van der Waals surface area contributed by atoms with Crippen molar-refractivity contribution in [2.75, 3.05) is 18.5 Å². The fourth-order valence-corrected chi connectivity index (χ4v) is 2.06. The molecule has 0 aromatic carbocycles. The van der Waals surface area contributed by atoms with Crippen molar-refractivity contribution < 1.29 is 5.11 Å². The van der Waals surface area contributed by atoms with Crippen LogP contribution in [0, 0.1) is 11.8 Å². The third kappa shape index (κ3) is 2.47. The quantitative estimate of drug-likeness (QED) is 0.878. The average Bonchev–Trinajstić information content (AvgIpc) is 2.94. The van der Waals surface area contributed by atoms with E-state index < -0.39 is 0 Å². The van der Waals surface area contributed by atoms with E-state index in [1.807, 2.05) is 13.1 Å². The zero-order valence-electron chi connectivity index (χ0n) is 9.65. The summed E-state index contributed by atoms with van der Waals surface area (Å²) in [6.07, 6.45) is 1.31. The van der Waals surface area contributed by atoms with Crippen LogP contribution in [-0.2, 0) is 6.61 Å². The maximum absolute atomic E-state index is 9.10. The second-order valence-corrected chi connectivity index (χ2v) is 5.02. The standard InChI is InChI=1S/C12H17ClN2O/c1-8-5-9(8)6-15(2)12-4-3-10(13)11(7-16)14-12/h3-4,8-9,16H,5-7H2,1-2H3. The van der Waals surface area contributed by atoms with E-state index in [0.717, 1.165) is 24.2 Å². The maximum Gasteiger partial charge on any atom is 0.128 e. The minimum absolute atomic E-state index is 0.111. The van der Waals surface area contributed by atoms with Crippen LogP contribution >= 0.6 is 11.6 Å². The van der Waals surface area contributed by atoms with Crippen LogP contribution in [0.25, 0.3) is 0 Å². The van der Waals surface area contributed by atoms with Crippen molar-refractivity contribution in [3.8, 4) is 0 Å². The molecule has 0 spiro atoms. The zero-order chi connectivity index (χ0) is 11.7. The highest BCUT2D eigenvalue weighted by atomic mass is 35.5. The molecule has 1 aromatic rings. The number of aromatic nitrogens is 1. The molecule has 1 aliphatic carbocycles. The normalized spacial score (nSPS) is 23.2. The highest BCUT2D eigenvalue weighted by Crippen LogP contribution is 2.38. The van der Waals surface area contributed by atoms with E-state index in [-0.39, 0.29) is 6.61 Å². The smallest absolute Gasteiger partial charge is 0.128 e. The Labute approximate surface area is 101 Å². The molecule has 3 nitrogen and oxygen atoms in total. The molecule has 0 amide bonds. The number of aliphatic hydroxyl groups is 1. The van der Waals surface area contributed by atoms with Gasteiger partial charge in [-0.15, -0.1) is 0 Å². The van der Waals surface area contributed by atoms with Gasteiger partial charge < -0.3 is 10.0 Å². The molecule has 16 heavy (non-hydrogen) atoms. The molecule has 0 radical (unpaired) electrons. The lowest BCUT2D eigenvalue weighted by molar-refractivity contribution is 0.277. The van der Waals surface area contributed by atoms with Crippen molar-refractivity contribution in [1.82, 2.24) is 4.98 Å². The lowest BCUT2D eigenvalue weighted by Gasteiger charge is -2.18. The summed E-state index contributed by atoms with van der Waals surface area (Å²) < 4.78 is 0. The van der Waals surface area contributed by atoms with Gasteiger partial charge in [-0.1, -0.05) is 18.5 Å². The van der Waals surface area contributed by atoms with Crippen LogP contribution in [-0.4, -0.2) is 23.7 Å². The highest BCUT2D eigenvalue weighted by Gasteiger charge is 2.33. The minimum atomic E-state index is -0.111. The average molecular weight is 241 g/mol. The lowest BCUT2D eigenvalue weighted by atomic mass is 10.3. The van der Waals surface area contributed by atoms with Crippen LogP contribution < -0.4 is 4.90 Å². The van der Waals surface area contributed by atoms with Crippen LogP contribution in [0.3, 0.4) is 0 Å². The van der Waals surface area contributed by atoms with Gasteiger partial charge in [-0.3, -0.25) is 0 Å². The monoisotopic (exact) mass is 240 g/mol. The first-order chi connectivity index (χ1) is 7.61. The molecule has 1 N–H and O–H groups in total. The Morgan fingerprint density at radius 3 is 2.81 bits per heavy atom. The summed E-state index contributed by atoms with van der Waals surface area (Å²) in [5.74, 6) is 2.51. The first kappa shape index (κ1) is 11.7. The Bertz CT molecular complexity index is 383. The number of aliphatic hydroxyl groups excluding tert-OH is 1. The number of anilines is 1. The predicted molar refractivity (Wildman–Crippen MR) is 65.7 cm³/mol. The molecule has 2 atom stereocenters. The second kappa shape index (κ2) is 4.60. The predicted octanol–water partition coefficient (Wildman–Crippen LogP) is 2.32. The van der Waals surface area contributed by atoms with Crippen LogP contribution in [0.2, 0.25) is 5.02 Å². The van der Waals surface area contributed by atoms with Gasteiger partial charge in [-0.05, 0) is 30.4 Å². The summed E-state index contributed by atoms with van der Waals surface area (Å²) in [6.45, 7) is 3.19. The van der Waals surface area contributed by atoms with Gasteiger partial charge in [0.15, 0.2) is 0 Å². The Kier molecular flexibility index (Phi) is 3.36. The third-order valence-electron chi connectivity index (χ3n) is 3.23. The summed E-state index contributed by atoms with van der Waals surface area (Å²) in [7, 11) is 2.03. The van der Waals surface area contributed by atoms with E-state index in [2.05, 4.69) is 16.8 Å². The van der Waals surface area contributed by atoms with Gasteiger partial charge in [0, 0.05) is 13.6 Å². The zero-order valence-corrected chi connectivity index (χ0v) is 10.4. The summed E-state index contributed by atoms with van der Waals surface area (Å²) in [4.78, 5) is 6.47. The van der Waals surface area contributed by atoms with Crippen molar-refractivity contribution >= 4 is 17.4 Å². The Morgan fingerprint density at radius 1 is 1.56 bits per heavy atom. The van der Waals surface area contributed by atoms with Gasteiger partial charge in [-0.25, -0.2) is 4.98 Å². The summed E-state index contributed by atoms with van der Waals surface area (Å²) in [5.41, 5.74) is 0.551. The van der Waals surface area contributed by atoms with Crippen LogP contribution in [0.1, 0.15) is 19.0 Å². The molecule has 1 fully saturated rings. The number of nitrogens with zero attached hydrogens (tertiary/aromatic N) is 2. The van der Waals surface area contributed by atoms with E-state index in [4.69, 9.17) is 16.7 Å². The van der Waals surface area contributed by atoms with Gasteiger partial charge in [0.05, 0.1) is 17.3 Å². The maximum atomic E-state index is 9.10. The summed E-state index contributed by atoms with van der Waals surface area (Å²) in [6, 6.07) is 3.69. The van der Waals surface area contributed by atoms with Gasteiger partial charge >= 0.3 is 0 Å². The molecule has 2 rings (SSSR count). The van der Waals surface area contributed by atoms with E-state index in [0.29, 0.717) is 10.7 Å². The molecule has 1 saturated carbocycles. The molecule has 4 heteroatoms. The number of rotatable bonds is 4. The van der Waals surface area contributed by atoms with E-state index >= 15 is 0 Å². The van der Waals surface area contributed by atoms with Crippen LogP contribution in [0.15, 0.2) is 12.1 Å². The fourth-order valence-electron chi connectivity index (χ4n) is 1.90. The number of hydrogen-bond acceptors (Lipinski definition) is 3. The Balaban J connectivity index is 2.07. The first-order valence-corrected chi connectivity index (χ1v) is 5.97. The summed E-state index contributed by atoms with van der Waals surface area (Å²) in [5, 5.41) is 9.62. The molecule has 1 aliphatic rings. The first-order valence-electron chi connectivity index (χ1n) is 5.59. The Morgan fingerprint density at radius 2 is 2.25 bits per heavy atom. The Hall–Kier alpha value is -0.800. The van der Waals surface area contributed by atoms with E-state index in [1.165, 1.54) is 6.42 Å². The van der Waals surface area contributed by atoms with Gasteiger partial charge in [0.1, 0.15) is 5.82 Å². The largest absolute Gasteiger partial charge is 0.390 e. The van der Waals surface area contributed by atoms with Crippen molar-refractivity contribution in [1.29, 1.82) is 0 Å². The summed E-state index contributed by atoms with van der Waals surface area (Å²) >= 11 is 5.90. The SMILES string of the molecule is CC1CC1CN(C)c1ccc(Cl)c(CO)n1. The molecule has 88 valence electrons. The minimum Gasteiger partial charge on any atom is -0.390 e. The molecular formula is C12H17ClN2O. The molecular weight excluding hydrogens is 224 g/mol. The van der Waals surface area contributed by atoms with E-state index in [1.54, 1.807) is 6.07 Å². The van der Waals surface area contributed by atoms with Gasteiger partial charge in [0.2, 0.25) is 0 Å². The molecule has 2 unspecified atom stereocenters. The van der Waals surface area contributed by atoms with Crippen molar-refractivity contribution in [3.63, 3.8) is 0 Å². The molecule has 0 saturated heterocycles. The molecule has 0 aliphatic heterocycles. The van der Waals surface area contributed by atoms with Gasteiger partial charge in [-0.2, -0.15) is 0 Å². The van der Waals surface area contributed by atoms with Crippen LogP contribution in [0.5, 0.6) is 0 Å². The van der Waals surface area contributed by atoms with Crippen molar-refractivity contribution in [2.24, 2.45) is 11.8 Å². The topological polar surface area (TPSA) is 36.4 Å². The molecule has 1 heterocycles. The highest BCUT2D eigenvalue weighted by molar-refractivity contribution is 6.31. The number of halogens is 1. The van der Waals surface area contributed by atoms with Crippen molar-refractivity contribution in [2.45, 2.75) is 20.0 Å². The van der Waals surface area contributed by atoms with Gasteiger partial charge in [0.25, 0.3) is 0 Å². The number of hydrogen-bond donors (Lipinski definition) is 1. The third-order valence-corrected chi connectivity index (χ3v) is 3.57. The second-order valence-electron chi connectivity index (χ2n) is 4.61. The van der Waals surface area contributed by atoms with Crippen LogP contribution in [0.4, 0.5) is 5.82 Å². The molecule has 1 aromatic heterocycles. The lowest BCUT2D eigenvalue weighted by Crippen LogP contribution is -2.22.